The number of carbonyl (C=O) groups is 2. The molecule has 0 aliphatic rings. The van der Waals surface area contributed by atoms with Crippen molar-refractivity contribution in [2.24, 2.45) is 0 Å². The van der Waals surface area contributed by atoms with Crippen LogP contribution in [0.4, 0.5) is 15.8 Å². The van der Waals surface area contributed by atoms with Gasteiger partial charge in [0.2, 0.25) is 5.82 Å². The first-order valence-electron chi connectivity index (χ1n) is 7.27. The first-order chi connectivity index (χ1) is 12.6. The number of hydrogen-bond donors (Lipinski definition) is 2. The van der Waals surface area contributed by atoms with Crippen LogP contribution in [0.1, 0.15) is 13.8 Å². The highest BCUT2D eigenvalue weighted by atomic mass is 19.1. The largest absolute Gasteiger partial charge is 0.510 e. The van der Waals surface area contributed by atoms with Crippen molar-refractivity contribution in [2.45, 2.75) is 13.8 Å². The van der Waals surface area contributed by atoms with Crippen LogP contribution in [0.25, 0.3) is 0 Å². The SMILES string of the molecule is COC(=O)/C(=C(\C)O)N(/C(C(=O)OC)=C(\C)O)c1ccc(F)c([N+](=O)[O-])c1. The number of nitro groups is 1. The molecule has 0 amide bonds. The van der Waals surface area contributed by atoms with Crippen LogP contribution < -0.4 is 4.90 Å². The fourth-order valence-electron chi connectivity index (χ4n) is 2.14. The quantitative estimate of drug-likeness (QED) is 0.249. The third-order valence-corrected chi connectivity index (χ3v) is 3.27. The molecule has 146 valence electrons. The second kappa shape index (κ2) is 8.65. The van der Waals surface area contributed by atoms with Gasteiger partial charge in [-0.25, -0.2) is 9.59 Å². The van der Waals surface area contributed by atoms with E-state index in [0.717, 1.165) is 40.2 Å². The van der Waals surface area contributed by atoms with Crippen molar-refractivity contribution < 1.29 is 38.6 Å². The van der Waals surface area contributed by atoms with Crippen LogP contribution in [0.15, 0.2) is 41.1 Å². The Morgan fingerprint density at radius 3 is 1.85 bits per heavy atom. The zero-order valence-electron chi connectivity index (χ0n) is 14.8. The van der Waals surface area contributed by atoms with E-state index in [2.05, 4.69) is 9.47 Å². The highest BCUT2D eigenvalue weighted by molar-refractivity contribution is 6.02. The van der Waals surface area contributed by atoms with Crippen molar-refractivity contribution in [3.05, 3.63) is 57.0 Å². The van der Waals surface area contributed by atoms with Crippen LogP contribution >= 0.6 is 0 Å². The predicted molar refractivity (Wildman–Crippen MR) is 90.2 cm³/mol. The highest BCUT2D eigenvalue weighted by Crippen LogP contribution is 2.32. The van der Waals surface area contributed by atoms with E-state index in [1.54, 1.807) is 0 Å². The topological polar surface area (TPSA) is 139 Å². The van der Waals surface area contributed by atoms with Gasteiger partial charge in [0, 0.05) is 6.07 Å². The van der Waals surface area contributed by atoms with Gasteiger partial charge in [-0.2, -0.15) is 4.39 Å². The van der Waals surface area contributed by atoms with Crippen molar-refractivity contribution in [2.75, 3.05) is 19.1 Å². The van der Waals surface area contributed by atoms with Crippen LogP contribution in [-0.2, 0) is 19.1 Å². The second-order valence-corrected chi connectivity index (χ2v) is 5.08. The number of esters is 2. The number of rotatable bonds is 6. The number of benzene rings is 1. The van der Waals surface area contributed by atoms with Gasteiger partial charge in [-0.05, 0) is 26.0 Å². The van der Waals surface area contributed by atoms with E-state index in [1.807, 2.05) is 0 Å². The molecule has 27 heavy (non-hydrogen) atoms. The number of allylic oxidation sites excluding steroid dienone is 2. The van der Waals surface area contributed by atoms with Crippen LogP contribution in [0.2, 0.25) is 0 Å². The Balaban J connectivity index is 3.91. The monoisotopic (exact) mass is 384 g/mol. The predicted octanol–water partition coefficient (Wildman–Crippen LogP) is 2.47. The van der Waals surface area contributed by atoms with Crippen LogP contribution in [-0.4, -0.2) is 41.3 Å². The lowest BCUT2D eigenvalue weighted by Crippen LogP contribution is -2.34. The Bertz CT molecular complexity index is 801. The molecule has 0 spiro atoms. The molecular formula is C16H17FN2O8. The van der Waals surface area contributed by atoms with Gasteiger partial charge in [-0.1, -0.05) is 0 Å². The van der Waals surface area contributed by atoms with Gasteiger partial charge in [0.05, 0.1) is 24.8 Å². The molecule has 0 fully saturated rings. The second-order valence-electron chi connectivity index (χ2n) is 5.08. The molecule has 0 heterocycles. The number of aliphatic hydroxyl groups is 2. The van der Waals surface area contributed by atoms with Crippen molar-refractivity contribution in [1.29, 1.82) is 0 Å². The molecule has 2 N–H and O–H groups in total. The van der Waals surface area contributed by atoms with E-state index in [-0.39, 0.29) is 5.69 Å². The number of anilines is 1. The molecule has 11 heteroatoms. The summed E-state index contributed by atoms with van der Waals surface area (Å²) in [6.07, 6.45) is 0. The normalized spacial score (nSPS) is 12.5. The number of carbonyl (C=O) groups excluding carboxylic acids is 2. The summed E-state index contributed by atoms with van der Waals surface area (Å²) in [6.45, 7) is 2.16. The Hall–Kier alpha value is -3.63. The van der Waals surface area contributed by atoms with Crippen LogP contribution in [0, 0.1) is 15.9 Å². The highest BCUT2D eigenvalue weighted by Gasteiger charge is 2.33. The molecule has 0 aromatic heterocycles. The molecule has 0 aliphatic carbocycles. The van der Waals surface area contributed by atoms with E-state index in [4.69, 9.17) is 0 Å². The van der Waals surface area contributed by atoms with Gasteiger partial charge in [-0.3, -0.25) is 15.0 Å². The van der Waals surface area contributed by atoms with E-state index in [0.29, 0.717) is 11.0 Å². The Morgan fingerprint density at radius 1 is 1.07 bits per heavy atom. The molecule has 1 aromatic rings. The molecule has 0 bridgehead atoms. The summed E-state index contributed by atoms with van der Waals surface area (Å²) >= 11 is 0. The van der Waals surface area contributed by atoms with Crippen molar-refractivity contribution in [3.63, 3.8) is 0 Å². The van der Waals surface area contributed by atoms with Crippen molar-refractivity contribution >= 4 is 23.3 Å². The average Bonchev–Trinajstić information content (AvgIpc) is 2.60. The number of aliphatic hydroxyl groups excluding tert-OH is 2. The van der Waals surface area contributed by atoms with E-state index in [9.17, 15) is 34.3 Å². The molecule has 1 aromatic carbocycles. The summed E-state index contributed by atoms with van der Waals surface area (Å²) < 4.78 is 22.8. The minimum Gasteiger partial charge on any atom is -0.510 e. The smallest absolute Gasteiger partial charge is 0.358 e. The first-order valence-corrected chi connectivity index (χ1v) is 7.27. The fourth-order valence-corrected chi connectivity index (χ4v) is 2.14. The molecule has 0 unspecified atom stereocenters. The maximum atomic E-state index is 13.7. The van der Waals surface area contributed by atoms with Gasteiger partial charge in [0.1, 0.15) is 11.5 Å². The van der Waals surface area contributed by atoms with Gasteiger partial charge < -0.3 is 19.7 Å². The average molecular weight is 384 g/mol. The van der Waals surface area contributed by atoms with Gasteiger partial charge in [0.25, 0.3) is 0 Å². The minimum atomic E-state index is -1.17. The summed E-state index contributed by atoms with van der Waals surface area (Å²) in [4.78, 5) is 35.0. The number of methoxy groups -OCH3 is 2. The van der Waals surface area contributed by atoms with E-state index < -0.39 is 51.3 Å². The molecule has 0 saturated heterocycles. The van der Waals surface area contributed by atoms with Crippen LogP contribution in [0.5, 0.6) is 0 Å². The van der Waals surface area contributed by atoms with Crippen molar-refractivity contribution in [1.82, 2.24) is 0 Å². The zero-order valence-corrected chi connectivity index (χ0v) is 14.8. The summed E-state index contributed by atoms with van der Waals surface area (Å²) in [5, 5.41) is 30.9. The van der Waals surface area contributed by atoms with E-state index >= 15 is 0 Å². The maximum absolute atomic E-state index is 13.7. The Kier molecular flexibility index (Phi) is 6.86. The van der Waals surface area contributed by atoms with E-state index in [1.165, 1.54) is 0 Å². The Morgan fingerprint density at radius 2 is 1.52 bits per heavy atom. The molecule has 0 atom stereocenters. The number of nitrogens with zero attached hydrogens (tertiary/aromatic N) is 2. The zero-order chi connectivity index (χ0) is 20.9. The van der Waals surface area contributed by atoms with Gasteiger partial charge in [-0.15, -0.1) is 0 Å². The molecular weight excluding hydrogens is 367 g/mol. The van der Waals surface area contributed by atoms with Gasteiger partial charge >= 0.3 is 17.6 Å². The number of nitro benzene ring substituents is 1. The first kappa shape index (κ1) is 21.4. The Labute approximate surface area is 152 Å². The summed E-state index contributed by atoms with van der Waals surface area (Å²) in [5.74, 6) is -4.72. The number of ether oxygens (including phenoxy) is 2. The standard InChI is InChI=1S/C16H17FN2O8/c1-8(20)13(15(22)26-3)18(14(9(2)21)16(23)27-4)10-5-6-11(17)12(7-10)19(24)25/h5-7,20-21H,1-4H3/b13-8-,14-9+. The molecule has 1 rings (SSSR count). The molecule has 10 nitrogen and oxygen atoms in total. The van der Waals surface area contributed by atoms with Crippen LogP contribution in [0.3, 0.4) is 0 Å². The molecule has 0 aliphatic heterocycles. The summed E-state index contributed by atoms with van der Waals surface area (Å²) in [5.41, 5.74) is -2.54. The third kappa shape index (κ3) is 4.51. The lowest BCUT2D eigenvalue weighted by molar-refractivity contribution is -0.387. The van der Waals surface area contributed by atoms with Crippen molar-refractivity contribution in [3.8, 4) is 0 Å². The minimum absolute atomic E-state index is 0.286. The fraction of sp³-hybridized carbons (Fsp3) is 0.250. The molecule has 0 radical (unpaired) electrons. The third-order valence-electron chi connectivity index (χ3n) is 3.27. The summed E-state index contributed by atoms with van der Waals surface area (Å²) in [6, 6.07) is 2.44. The molecule has 0 saturated carbocycles. The lowest BCUT2D eigenvalue weighted by Gasteiger charge is -2.27. The maximum Gasteiger partial charge on any atom is 0.358 e. The summed E-state index contributed by atoms with van der Waals surface area (Å²) in [7, 11) is 1.98. The lowest BCUT2D eigenvalue weighted by atomic mass is 10.1. The number of hydrogen-bond acceptors (Lipinski definition) is 9. The van der Waals surface area contributed by atoms with Gasteiger partial charge in [0.15, 0.2) is 11.4 Å². The number of halogens is 1.